The highest BCUT2D eigenvalue weighted by Gasteiger charge is 2.15. The van der Waals surface area contributed by atoms with Crippen LogP contribution in [0.5, 0.6) is 0 Å². The Labute approximate surface area is 115 Å². The Bertz CT molecular complexity index is 725. The molecule has 3 rings (SSSR count). The number of nitrogen functional groups attached to an aromatic ring is 1. The third kappa shape index (κ3) is 1.81. The van der Waals surface area contributed by atoms with E-state index in [1.807, 2.05) is 0 Å². The highest BCUT2D eigenvalue weighted by Crippen LogP contribution is 2.34. The number of nitrogens with two attached hydrogens (primary N) is 1. The van der Waals surface area contributed by atoms with E-state index < -0.39 is 0 Å². The molecule has 0 fully saturated rings. The van der Waals surface area contributed by atoms with Crippen LogP contribution in [0.25, 0.3) is 15.5 Å². The van der Waals surface area contributed by atoms with Gasteiger partial charge in [0.15, 0.2) is 0 Å². The number of nitrogens with zero attached hydrogens (tertiary/aromatic N) is 3. The van der Waals surface area contributed by atoms with Crippen LogP contribution in [0.4, 0.5) is 5.82 Å². The van der Waals surface area contributed by atoms with Gasteiger partial charge >= 0.3 is 0 Å². The highest BCUT2D eigenvalue weighted by molar-refractivity contribution is 7.19. The molecule has 0 aliphatic carbocycles. The molecule has 3 aromatic rings. The third-order valence-electron chi connectivity index (χ3n) is 3.64. The van der Waals surface area contributed by atoms with Crippen LogP contribution in [0.15, 0.2) is 12.3 Å². The van der Waals surface area contributed by atoms with Crippen molar-refractivity contribution in [1.82, 2.24) is 14.6 Å². The van der Waals surface area contributed by atoms with Gasteiger partial charge in [-0.15, -0.1) is 0 Å². The van der Waals surface area contributed by atoms with E-state index >= 15 is 0 Å². The van der Waals surface area contributed by atoms with E-state index in [0.29, 0.717) is 5.82 Å². The number of rotatable bonds is 1. The minimum absolute atomic E-state index is 0.513. The summed E-state index contributed by atoms with van der Waals surface area (Å²) in [6.07, 6.45) is 1.75. The molecular formula is C14H16N4S. The minimum Gasteiger partial charge on any atom is -0.382 e. The van der Waals surface area contributed by atoms with Crippen LogP contribution in [0.1, 0.15) is 22.3 Å². The van der Waals surface area contributed by atoms with Gasteiger partial charge in [-0.25, -0.2) is 9.50 Å². The van der Waals surface area contributed by atoms with Gasteiger partial charge in [0.25, 0.3) is 0 Å². The molecule has 4 nitrogen and oxygen atoms in total. The van der Waals surface area contributed by atoms with Crippen molar-refractivity contribution in [3.05, 3.63) is 34.5 Å². The van der Waals surface area contributed by atoms with E-state index in [-0.39, 0.29) is 0 Å². The third-order valence-corrected chi connectivity index (χ3v) is 4.58. The number of benzene rings is 1. The molecule has 0 radical (unpaired) electrons. The summed E-state index contributed by atoms with van der Waals surface area (Å²) < 4.78 is 1.76. The average Bonchev–Trinajstić information content (AvgIpc) is 2.84. The molecule has 2 aromatic heterocycles. The fourth-order valence-corrected chi connectivity index (χ4v) is 3.40. The summed E-state index contributed by atoms with van der Waals surface area (Å²) in [6, 6.07) is 2.23. The monoisotopic (exact) mass is 272 g/mol. The summed E-state index contributed by atoms with van der Waals surface area (Å²) in [5.41, 5.74) is 12.1. The molecule has 2 N–H and O–H groups in total. The lowest BCUT2D eigenvalue weighted by Gasteiger charge is -2.12. The second-order valence-corrected chi connectivity index (χ2v) is 5.89. The highest BCUT2D eigenvalue weighted by atomic mass is 32.1. The summed E-state index contributed by atoms with van der Waals surface area (Å²) >= 11 is 1.58. The van der Waals surface area contributed by atoms with Gasteiger partial charge in [0.2, 0.25) is 4.96 Å². The molecule has 98 valence electrons. The van der Waals surface area contributed by atoms with Crippen LogP contribution >= 0.6 is 11.3 Å². The topological polar surface area (TPSA) is 56.2 Å². The quantitative estimate of drug-likeness (QED) is 0.739. The maximum absolute atomic E-state index is 5.67. The smallest absolute Gasteiger partial charge is 0.214 e. The molecule has 0 spiro atoms. The number of anilines is 1. The molecule has 0 aliphatic heterocycles. The Balaban J connectivity index is 2.28. The summed E-state index contributed by atoms with van der Waals surface area (Å²) in [7, 11) is 0. The van der Waals surface area contributed by atoms with Gasteiger partial charge in [0.1, 0.15) is 10.8 Å². The number of aromatic nitrogens is 3. The second-order valence-electron chi connectivity index (χ2n) is 4.94. The number of fused-ring (bicyclic) bond motifs is 1. The van der Waals surface area contributed by atoms with Crippen molar-refractivity contribution >= 4 is 22.1 Å². The first kappa shape index (κ1) is 12.2. The van der Waals surface area contributed by atoms with E-state index in [2.05, 4.69) is 43.8 Å². The predicted octanol–water partition coefficient (Wildman–Crippen LogP) is 3.27. The molecular weight excluding hydrogens is 256 g/mol. The van der Waals surface area contributed by atoms with Crippen LogP contribution in [-0.4, -0.2) is 14.6 Å². The maximum Gasteiger partial charge on any atom is 0.214 e. The summed E-state index contributed by atoms with van der Waals surface area (Å²) in [5, 5.41) is 5.60. The van der Waals surface area contributed by atoms with Gasteiger partial charge in [-0.3, -0.25) is 0 Å². The Kier molecular flexibility index (Phi) is 2.60. The van der Waals surface area contributed by atoms with Crippen molar-refractivity contribution in [3.8, 4) is 10.6 Å². The van der Waals surface area contributed by atoms with E-state index in [1.165, 1.54) is 27.8 Å². The molecule has 0 aliphatic rings. The Morgan fingerprint density at radius 1 is 1.11 bits per heavy atom. The molecule has 2 heterocycles. The molecule has 0 amide bonds. The van der Waals surface area contributed by atoms with Gasteiger partial charge in [0, 0.05) is 5.56 Å². The van der Waals surface area contributed by atoms with Crippen LogP contribution in [0.3, 0.4) is 0 Å². The molecule has 5 heteroatoms. The number of aryl methyl sites for hydroxylation is 2. The average molecular weight is 272 g/mol. The van der Waals surface area contributed by atoms with E-state index in [4.69, 9.17) is 5.73 Å². The standard InChI is InChI=1S/C14H16N4S/c1-7-5-8(2)10(4)12(9(7)3)13-17-18-6-11(15)16-14(18)19-13/h5-6H,15H2,1-4H3. The van der Waals surface area contributed by atoms with Gasteiger partial charge in [-0.1, -0.05) is 17.4 Å². The zero-order valence-corrected chi connectivity index (χ0v) is 12.3. The van der Waals surface area contributed by atoms with Crippen LogP contribution in [-0.2, 0) is 0 Å². The SMILES string of the molecule is Cc1cc(C)c(C)c(-c2nn3cc(N)nc3s2)c1C. The number of hydrogen-bond donors (Lipinski definition) is 1. The molecule has 0 saturated heterocycles. The molecule has 1 aromatic carbocycles. The van der Waals surface area contributed by atoms with Crippen molar-refractivity contribution in [2.45, 2.75) is 27.7 Å². The van der Waals surface area contributed by atoms with Crippen molar-refractivity contribution < 1.29 is 0 Å². The van der Waals surface area contributed by atoms with Crippen LogP contribution in [0, 0.1) is 27.7 Å². The first-order chi connectivity index (χ1) is 8.97. The normalized spacial score (nSPS) is 11.4. The van der Waals surface area contributed by atoms with Crippen molar-refractivity contribution in [3.63, 3.8) is 0 Å². The zero-order chi connectivity index (χ0) is 13.7. The summed E-state index contributed by atoms with van der Waals surface area (Å²) in [6.45, 7) is 8.58. The van der Waals surface area contributed by atoms with Gasteiger partial charge in [-0.05, 0) is 49.9 Å². The molecule has 0 atom stereocenters. The first-order valence-corrected chi connectivity index (χ1v) is 6.98. The lowest BCUT2D eigenvalue weighted by Crippen LogP contribution is -1.95. The van der Waals surface area contributed by atoms with Crippen LogP contribution < -0.4 is 5.73 Å². The maximum atomic E-state index is 5.67. The Hall–Kier alpha value is -1.88. The van der Waals surface area contributed by atoms with Crippen molar-refractivity contribution in [1.29, 1.82) is 0 Å². The molecule has 19 heavy (non-hydrogen) atoms. The fraction of sp³-hybridized carbons (Fsp3) is 0.286. The van der Waals surface area contributed by atoms with Gasteiger partial charge in [-0.2, -0.15) is 5.10 Å². The fourth-order valence-electron chi connectivity index (χ4n) is 2.36. The Morgan fingerprint density at radius 3 is 2.32 bits per heavy atom. The Morgan fingerprint density at radius 2 is 1.74 bits per heavy atom. The second kappa shape index (κ2) is 4.06. The summed E-state index contributed by atoms with van der Waals surface area (Å²) in [4.78, 5) is 5.10. The van der Waals surface area contributed by atoms with Gasteiger partial charge in [0.05, 0.1) is 6.20 Å². The minimum atomic E-state index is 0.513. The first-order valence-electron chi connectivity index (χ1n) is 6.17. The van der Waals surface area contributed by atoms with Crippen LogP contribution in [0.2, 0.25) is 0 Å². The van der Waals surface area contributed by atoms with Gasteiger partial charge < -0.3 is 5.73 Å². The number of imidazole rings is 1. The van der Waals surface area contributed by atoms with Crippen molar-refractivity contribution in [2.24, 2.45) is 0 Å². The van der Waals surface area contributed by atoms with E-state index in [1.54, 1.807) is 22.0 Å². The van der Waals surface area contributed by atoms with E-state index in [9.17, 15) is 0 Å². The van der Waals surface area contributed by atoms with E-state index in [0.717, 1.165) is 9.97 Å². The lowest BCUT2D eigenvalue weighted by molar-refractivity contribution is 0.976. The predicted molar refractivity (Wildman–Crippen MR) is 79.7 cm³/mol. The molecule has 0 bridgehead atoms. The lowest BCUT2D eigenvalue weighted by atomic mass is 9.95. The molecule has 0 saturated carbocycles. The number of hydrogen-bond acceptors (Lipinski definition) is 4. The molecule has 0 unspecified atom stereocenters. The summed E-state index contributed by atoms with van der Waals surface area (Å²) in [5.74, 6) is 0.513. The van der Waals surface area contributed by atoms with Crippen molar-refractivity contribution in [2.75, 3.05) is 5.73 Å². The zero-order valence-electron chi connectivity index (χ0n) is 11.5. The largest absolute Gasteiger partial charge is 0.382 e.